The van der Waals surface area contributed by atoms with E-state index >= 15 is 0 Å². The Morgan fingerprint density at radius 1 is 1.39 bits per heavy atom. The molecule has 6 heteroatoms. The van der Waals surface area contributed by atoms with Gasteiger partial charge in [0, 0.05) is 12.2 Å². The Bertz CT molecular complexity index is 501. The molecule has 1 aliphatic heterocycles. The molecule has 0 spiro atoms. The van der Waals surface area contributed by atoms with Crippen molar-refractivity contribution in [3.05, 3.63) is 23.8 Å². The molecule has 1 aromatic carbocycles. The molecule has 1 fully saturated rings. The van der Waals surface area contributed by atoms with Gasteiger partial charge in [-0.1, -0.05) is 0 Å². The summed E-state index contributed by atoms with van der Waals surface area (Å²) in [5, 5.41) is 9.18. The Labute approximate surface area is 104 Å². The van der Waals surface area contributed by atoms with Crippen LogP contribution < -0.4 is 16.4 Å². The van der Waals surface area contributed by atoms with Crippen molar-refractivity contribution < 1.29 is 14.7 Å². The van der Waals surface area contributed by atoms with Crippen molar-refractivity contribution in [2.45, 2.75) is 18.9 Å². The van der Waals surface area contributed by atoms with Gasteiger partial charge in [0.25, 0.3) is 0 Å². The molecule has 5 N–H and O–H groups in total. The van der Waals surface area contributed by atoms with Crippen molar-refractivity contribution in [1.82, 2.24) is 0 Å². The van der Waals surface area contributed by atoms with Crippen LogP contribution in [0.4, 0.5) is 11.4 Å². The molecule has 0 bridgehead atoms. The largest absolute Gasteiger partial charge is 0.478 e. The van der Waals surface area contributed by atoms with E-state index in [0.29, 0.717) is 24.3 Å². The zero-order valence-corrected chi connectivity index (χ0v) is 9.80. The molecule has 96 valence electrons. The number of carbonyl (C=O) groups is 2. The third-order valence-corrected chi connectivity index (χ3v) is 3.14. The van der Waals surface area contributed by atoms with Gasteiger partial charge in [0.1, 0.15) is 6.04 Å². The van der Waals surface area contributed by atoms with Crippen LogP contribution in [0.25, 0.3) is 0 Å². The van der Waals surface area contributed by atoms with Crippen LogP contribution in [-0.4, -0.2) is 29.6 Å². The normalized spacial score (nSPS) is 18.9. The minimum absolute atomic E-state index is 0.100. The number of carbonyl (C=O) groups excluding carboxylic acids is 1. The third-order valence-electron chi connectivity index (χ3n) is 3.14. The molecule has 0 aliphatic carbocycles. The number of aromatic carboxylic acids is 1. The summed E-state index contributed by atoms with van der Waals surface area (Å²) in [5.41, 5.74) is 11.9. The number of nitrogens with two attached hydrogens (primary N) is 2. The molecular formula is C12H15N3O3. The van der Waals surface area contributed by atoms with Crippen LogP contribution in [0.3, 0.4) is 0 Å². The van der Waals surface area contributed by atoms with Crippen molar-refractivity contribution in [3.8, 4) is 0 Å². The number of rotatable bonds is 3. The maximum atomic E-state index is 11.3. The molecule has 1 heterocycles. The number of primary amides is 1. The molecule has 1 aromatic rings. The summed E-state index contributed by atoms with van der Waals surface area (Å²) in [6.07, 6.45) is 1.47. The molecule has 2 rings (SSSR count). The van der Waals surface area contributed by atoms with E-state index in [-0.39, 0.29) is 5.56 Å². The first-order chi connectivity index (χ1) is 8.50. The van der Waals surface area contributed by atoms with Crippen LogP contribution in [0.2, 0.25) is 0 Å². The number of nitrogen functional groups attached to an aromatic ring is 1. The predicted octanol–water partition coefficient (Wildman–Crippen LogP) is 0.421. The lowest BCUT2D eigenvalue weighted by Crippen LogP contribution is -2.41. The van der Waals surface area contributed by atoms with Gasteiger partial charge in [-0.25, -0.2) is 4.79 Å². The molecule has 6 nitrogen and oxygen atoms in total. The first kappa shape index (κ1) is 12.2. The minimum Gasteiger partial charge on any atom is -0.478 e. The van der Waals surface area contributed by atoms with E-state index in [0.717, 1.165) is 6.42 Å². The average Bonchev–Trinajstić information content (AvgIpc) is 2.77. The van der Waals surface area contributed by atoms with E-state index in [9.17, 15) is 14.7 Å². The van der Waals surface area contributed by atoms with Crippen LogP contribution in [0.5, 0.6) is 0 Å². The Morgan fingerprint density at radius 3 is 2.72 bits per heavy atom. The standard InChI is InChI=1S/C12H15N3O3/c13-7-3-4-9(8(6-7)12(17)18)15-5-1-2-10(15)11(14)16/h3-4,6,10H,1-2,5,13H2,(H2,14,16)(H,17,18). The van der Waals surface area contributed by atoms with Crippen LogP contribution in [-0.2, 0) is 4.79 Å². The molecular weight excluding hydrogens is 234 g/mol. The molecule has 1 saturated heterocycles. The predicted molar refractivity (Wildman–Crippen MR) is 67.4 cm³/mol. The summed E-state index contributed by atoms with van der Waals surface area (Å²) in [6.45, 7) is 0.623. The molecule has 0 saturated carbocycles. The number of benzene rings is 1. The monoisotopic (exact) mass is 249 g/mol. The smallest absolute Gasteiger partial charge is 0.337 e. The number of anilines is 2. The molecule has 18 heavy (non-hydrogen) atoms. The van der Waals surface area contributed by atoms with E-state index in [1.807, 2.05) is 0 Å². The molecule has 0 radical (unpaired) electrons. The number of carboxylic acids is 1. The van der Waals surface area contributed by atoms with Crippen LogP contribution in [0.1, 0.15) is 23.2 Å². The fraction of sp³-hybridized carbons (Fsp3) is 0.333. The maximum absolute atomic E-state index is 11.3. The summed E-state index contributed by atoms with van der Waals surface area (Å²) in [7, 11) is 0. The highest BCUT2D eigenvalue weighted by molar-refractivity contribution is 5.97. The summed E-state index contributed by atoms with van der Waals surface area (Å²) in [4.78, 5) is 24.3. The highest BCUT2D eigenvalue weighted by atomic mass is 16.4. The van der Waals surface area contributed by atoms with Gasteiger partial charge >= 0.3 is 5.97 Å². The lowest BCUT2D eigenvalue weighted by atomic mass is 10.1. The van der Waals surface area contributed by atoms with Crippen molar-refractivity contribution >= 4 is 23.3 Å². The molecule has 0 aromatic heterocycles. The second kappa shape index (κ2) is 4.56. The second-order valence-corrected chi connectivity index (χ2v) is 4.34. The minimum atomic E-state index is -1.06. The van der Waals surface area contributed by atoms with E-state index in [1.54, 1.807) is 17.0 Å². The summed E-state index contributed by atoms with van der Waals surface area (Å²) < 4.78 is 0. The van der Waals surface area contributed by atoms with Gasteiger partial charge in [-0.3, -0.25) is 4.79 Å². The Kier molecular flexibility index (Phi) is 3.10. The number of amides is 1. The molecule has 1 unspecified atom stereocenters. The van der Waals surface area contributed by atoms with Crippen LogP contribution >= 0.6 is 0 Å². The summed E-state index contributed by atoms with van der Waals surface area (Å²) in [6, 6.07) is 4.21. The lowest BCUT2D eigenvalue weighted by molar-refractivity contribution is -0.119. The maximum Gasteiger partial charge on any atom is 0.337 e. The van der Waals surface area contributed by atoms with Crippen LogP contribution in [0.15, 0.2) is 18.2 Å². The lowest BCUT2D eigenvalue weighted by Gasteiger charge is -2.26. The molecule has 1 atom stereocenters. The number of hydrogen-bond acceptors (Lipinski definition) is 4. The number of nitrogens with zero attached hydrogens (tertiary/aromatic N) is 1. The van der Waals surface area contributed by atoms with Gasteiger partial charge in [0.05, 0.1) is 11.3 Å². The summed E-state index contributed by atoms with van der Waals surface area (Å²) in [5.74, 6) is -1.49. The van der Waals surface area contributed by atoms with Gasteiger partial charge in [-0.15, -0.1) is 0 Å². The average molecular weight is 249 g/mol. The van der Waals surface area contributed by atoms with Crippen molar-refractivity contribution in [1.29, 1.82) is 0 Å². The zero-order valence-electron chi connectivity index (χ0n) is 9.80. The quantitative estimate of drug-likeness (QED) is 0.672. The summed E-state index contributed by atoms with van der Waals surface area (Å²) >= 11 is 0. The highest BCUT2D eigenvalue weighted by Crippen LogP contribution is 2.30. The highest BCUT2D eigenvalue weighted by Gasteiger charge is 2.31. The van der Waals surface area contributed by atoms with Crippen molar-refractivity contribution in [3.63, 3.8) is 0 Å². The molecule has 1 amide bonds. The van der Waals surface area contributed by atoms with Gasteiger partial charge in [0.2, 0.25) is 5.91 Å². The third kappa shape index (κ3) is 2.09. The van der Waals surface area contributed by atoms with E-state index in [4.69, 9.17) is 11.5 Å². The van der Waals surface area contributed by atoms with E-state index in [2.05, 4.69) is 0 Å². The second-order valence-electron chi connectivity index (χ2n) is 4.34. The van der Waals surface area contributed by atoms with E-state index < -0.39 is 17.9 Å². The van der Waals surface area contributed by atoms with Gasteiger partial charge in [0.15, 0.2) is 0 Å². The van der Waals surface area contributed by atoms with Crippen molar-refractivity contribution in [2.24, 2.45) is 5.73 Å². The number of hydrogen-bond donors (Lipinski definition) is 3. The zero-order chi connectivity index (χ0) is 13.3. The topological polar surface area (TPSA) is 110 Å². The first-order valence-electron chi connectivity index (χ1n) is 5.69. The fourth-order valence-corrected chi connectivity index (χ4v) is 2.33. The first-order valence-corrected chi connectivity index (χ1v) is 5.69. The Balaban J connectivity index is 2.44. The Hall–Kier alpha value is -2.24. The fourth-order valence-electron chi connectivity index (χ4n) is 2.33. The van der Waals surface area contributed by atoms with Crippen LogP contribution in [0, 0.1) is 0 Å². The SMILES string of the molecule is NC(=O)C1CCCN1c1ccc(N)cc1C(=O)O. The Morgan fingerprint density at radius 2 is 2.11 bits per heavy atom. The number of carboxylic acid groups (broad SMARTS) is 1. The van der Waals surface area contributed by atoms with E-state index in [1.165, 1.54) is 6.07 Å². The van der Waals surface area contributed by atoms with Gasteiger partial charge in [-0.2, -0.15) is 0 Å². The van der Waals surface area contributed by atoms with Crippen molar-refractivity contribution in [2.75, 3.05) is 17.2 Å². The molecule has 1 aliphatic rings. The van der Waals surface area contributed by atoms with Gasteiger partial charge in [-0.05, 0) is 31.0 Å². The van der Waals surface area contributed by atoms with Gasteiger partial charge < -0.3 is 21.5 Å².